The van der Waals surface area contributed by atoms with Crippen molar-refractivity contribution in [2.45, 2.75) is 18.3 Å². The van der Waals surface area contributed by atoms with Gasteiger partial charge >= 0.3 is 0 Å². The number of hydrogen-bond donors (Lipinski definition) is 1. The molecular formula is C22H21F2N3O. The van der Waals surface area contributed by atoms with Crippen molar-refractivity contribution in [2.24, 2.45) is 0 Å². The molecule has 2 fully saturated rings. The molecule has 1 amide bonds. The van der Waals surface area contributed by atoms with Gasteiger partial charge in [0.05, 0.1) is 5.41 Å². The van der Waals surface area contributed by atoms with Crippen LogP contribution in [0.25, 0.3) is 10.9 Å². The number of anilines is 1. The van der Waals surface area contributed by atoms with E-state index in [0.717, 1.165) is 48.1 Å². The van der Waals surface area contributed by atoms with Gasteiger partial charge < -0.3 is 14.8 Å². The predicted octanol–water partition coefficient (Wildman–Crippen LogP) is 3.83. The van der Waals surface area contributed by atoms with Crippen LogP contribution in [0, 0.1) is 11.6 Å². The minimum atomic E-state index is -0.524. The number of nitrogens with zero attached hydrogens (tertiary/aromatic N) is 2. The van der Waals surface area contributed by atoms with Gasteiger partial charge in [0.15, 0.2) is 0 Å². The van der Waals surface area contributed by atoms with Gasteiger partial charge in [-0.25, -0.2) is 8.78 Å². The van der Waals surface area contributed by atoms with Crippen molar-refractivity contribution in [3.63, 3.8) is 0 Å². The highest BCUT2D eigenvalue weighted by molar-refractivity contribution is 5.97. The number of fused-ring (bicyclic) bond motifs is 1. The van der Waals surface area contributed by atoms with Crippen LogP contribution in [0.4, 0.5) is 14.5 Å². The predicted molar refractivity (Wildman–Crippen MR) is 104 cm³/mol. The molecule has 5 rings (SSSR count). The van der Waals surface area contributed by atoms with Crippen molar-refractivity contribution in [3.05, 3.63) is 65.9 Å². The van der Waals surface area contributed by atoms with E-state index in [1.54, 1.807) is 18.2 Å². The number of hydrogen-bond acceptors (Lipinski definition) is 2. The van der Waals surface area contributed by atoms with Crippen LogP contribution in [0.2, 0.25) is 0 Å². The summed E-state index contributed by atoms with van der Waals surface area (Å²) < 4.78 is 26.9. The van der Waals surface area contributed by atoms with Crippen molar-refractivity contribution in [3.8, 4) is 0 Å². The van der Waals surface area contributed by atoms with Gasteiger partial charge in [0.25, 0.3) is 0 Å². The number of amides is 1. The number of benzene rings is 2. The quantitative estimate of drug-likeness (QED) is 0.749. The first-order valence-corrected chi connectivity index (χ1v) is 9.64. The number of carbonyl (C=O) groups excluding carboxylic acids is 1. The molecule has 2 aromatic carbocycles. The smallest absolute Gasteiger partial charge is 0.233 e. The summed E-state index contributed by atoms with van der Waals surface area (Å²) in [7, 11) is 0. The van der Waals surface area contributed by atoms with Crippen LogP contribution in [0.1, 0.15) is 18.4 Å². The van der Waals surface area contributed by atoms with Crippen molar-refractivity contribution in [1.29, 1.82) is 0 Å². The van der Waals surface area contributed by atoms with Crippen LogP contribution >= 0.6 is 0 Å². The number of H-pyrrole nitrogens is 1. The number of aromatic amines is 1. The average molecular weight is 381 g/mol. The van der Waals surface area contributed by atoms with Crippen LogP contribution in [-0.2, 0) is 10.2 Å². The van der Waals surface area contributed by atoms with Gasteiger partial charge in [0.2, 0.25) is 5.91 Å². The van der Waals surface area contributed by atoms with E-state index in [1.807, 2.05) is 11.1 Å². The molecule has 0 radical (unpaired) electrons. The molecular weight excluding hydrogens is 360 g/mol. The Morgan fingerprint density at radius 3 is 2.29 bits per heavy atom. The Balaban J connectivity index is 1.34. The normalized spacial score (nSPS) is 18.5. The number of halogens is 2. The maximum absolute atomic E-state index is 13.7. The molecule has 6 heteroatoms. The average Bonchev–Trinajstić information content (AvgIpc) is 3.41. The maximum atomic E-state index is 13.7. The summed E-state index contributed by atoms with van der Waals surface area (Å²) in [5.41, 5.74) is 2.22. The summed E-state index contributed by atoms with van der Waals surface area (Å²) in [6.45, 7) is 2.70. The minimum Gasteiger partial charge on any atom is -0.368 e. The summed E-state index contributed by atoms with van der Waals surface area (Å²) in [5.74, 6) is -0.399. The van der Waals surface area contributed by atoms with Gasteiger partial charge in [0, 0.05) is 49.0 Å². The number of nitrogens with one attached hydrogen (secondary N) is 1. The molecule has 28 heavy (non-hydrogen) atoms. The summed E-state index contributed by atoms with van der Waals surface area (Å²) in [6, 6.07) is 11.1. The molecule has 1 saturated carbocycles. The lowest BCUT2D eigenvalue weighted by Gasteiger charge is -2.37. The third kappa shape index (κ3) is 2.75. The first-order chi connectivity index (χ1) is 13.6. The van der Waals surface area contributed by atoms with Gasteiger partial charge in [-0.3, -0.25) is 4.79 Å². The van der Waals surface area contributed by atoms with Crippen molar-refractivity contribution in [1.82, 2.24) is 9.88 Å². The third-order valence-electron chi connectivity index (χ3n) is 6.08. The fraction of sp³-hybridized carbons (Fsp3) is 0.318. The van der Waals surface area contributed by atoms with Gasteiger partial charge in [-0.05, 0) is 60.9 Å². The van der Waals surface area contributed by atoms with E-state index in [9.17, 15) is 13.6 Å². The summed E-state index contributed by atoms with van der Waals surface area (Å²) >= 11 is 0. The SMILES string of the molecule is O=C(N1CCN(c2ccc(F)cc2)CC1)C1(c2c[nH]c3ccc(F)cc23)CC1. The molecule has 1 aliphatic heterocycles. The maximum Gasteiger partial charge on any atom is 0.233 e. The first kappa shape index (κ1) is 17.2. The zero-order chi connectivity index (χ0) is 19.3. The molecule has 4 nitrogen and oxygen atoms in total. The molecule has 0 spiro atoms. The van der Waals surface area contributed by atoms with Crippen LogP contribution in [-0.4, -0.2) is 42.0 Å². The first-order valence-electron chi connectivity index (χ1n) is 9.64. The van der Waals surface area contributed by atoms with E-state index in [2.05, 4.69) is 9.88 Å². The second kappa shape index (κ2) is 6.33. The second-order valence-corrected chi connectivity index (χ2v) is 7.73. The molecule has 0 unspecified atom stereocenters. The topological polar surface area (TPSA) is 39.3 Å². The lowest BCUT2D eigenvalue weighted by molar-refractivity contribution is -0.134. The monoisotopic (exact) mass is 381 g/mol. The molecule has 1 aromatic heterocycles. The Bertz CT molecular complexity index is 1030. The van der Waals surface area contributed by atoms with Crippen LogP contribution in [0.3, 0.4) is 0 Å². The molecule has 3 aromatic rings. The highest BCUT2D eigenvalue weighted by Crippen LogP contribution is 2.52. The van der Waals surface area contributed by atoms with Gasteiger partial charge in [-0.15, -0.1) is 0 Å². The summed E-state index contributed by atoms with van der Waals surface area (Å²) in [4.78, 5) is 20.6. The molecule has 0 atom stereocenters. The van der Waals surface area contributed by atoms with E-state index in [4.69, 9.17) is 0 Å². The van der Waals surface area contributed by atoms with Crippen molar-refractivity contribution in [2.75, 3.05) is 31.1 Å². The lowest BCUT2D eigenvalue weighted by atomic mass is 9.93. The number of rotatable bonds is 3. The summed E-state index contributed by atoms with van der Waals surface area (Å²) in [6.07, 6.45) is 3.46. The van der Waals surface area contributed by atoms with Crippen LogP contribution < -0.4 is 4.90 Å². The molecule has 2 aliphatic rings. The Morgan fingerprint density at radius 2 is 1.61 bits per heavy atom. The Hall–Kier alpha value is -2.89. The molecule has 0 bridgehead atoms. The van der Waals surface area contributed by atoms with Crippen LogP contribution in [0.15, 0.2) is 48.7 Å². The van der Waals surface area contributed by atoms with E-state index in [-0.39, 0.29) is 17.5 Å². The fourth-order valence-electron chi connectivity index (χ4n) is 4.33. The fourth-order valence-corrected chi connectivity index (χ4v) is 4.33. The number of piperazine rings is 1. The Labute approximate surface area is 161 Å². The van der Waals surface area contributed by atoms with Crippen molar-refractivity contribution >= 4 is 22.5 Å². The Morgan fingerprint density at radius 1 is 0.929 bits per heavy atom. The third-order valence-corrected chi connectivity index (χ3v) is 6.08. The van der Waals surface area contributed by atoms with E-state index in [1.165, 1.54) is 24.3 Å². The van der Waals surface area contributed by atoms with Crippen molar-refractivity contribution < 1.29 is 13.6 Å². The van der Waals surface area contributed by atoms with Crippen LogP contribution in [0.5, 0.6) is 0 Å². The second-order valence-electron chi connectivity index (χ2n) is 7.73. The molecule has 2 heterocycles. The minimum absolute atomic E-state index is 0.136. The number of aromatic nitrogens is 1. The lowest BCUT2D eigenvalue weighted by Crippen LogP contribution is -2.51. The zero-order valence-electron chi connectivity index (χ0n) is 15.4. The largest absolute Gasteiger partial charge is 0.368 e. The molecule has 1 saturated heterocycles. The highest BCUT2D eigenvalue weighted by Gasteiger charge is 2.54. The molecule has 1 aliphatic carbocycles. The standard InChI is InChI=1S/C22H21F2N3O/c23-15-1-4-17(5-2-15)26-9-11-27(12-10-26)21(28)22(7-8-22)19-14-25-20-6-3-16(24)13-18(19)20/h1-6,13-14,25H,7-12H2. The molecule has 1 N–H and O–H groups in total. The van der Waals surface area contributed by atoms with E-state index in [0.29, 0.717) is 13.1 Å². The Kier molecular flexibility index (Phi) is 3.89. The summed E-state index contributed by atoms with van der Waals surface area (Å²) in [5, 5.41) is 0.802. The van der Waals surface area contributed by atoms with Gasteiger partial charge in [-0.1, -0.05) is 0 Å². The highest BCUT2D eigenvalue weighted by atomic mass is 19.1. The molecule has 144 valence electrons. The zero-order valence-corrected chi connectivity index (χ0v) is 15.4. The van der Waals surface area contributed by atoms with Gasteiger partial charge in [0.1, 0.15) is 11.6 Å². The number of carbonyl (C=O) groups is 1. The van der Waals surface area contributed by atoms with Gasteiger partial charge in [-0.2, -0.15) is 0 Å². The van der Waals surface area contributed by atoms with E-state index < -0.39 is 5.41 Å². The van der Waals surface area contributed by atoms with E-state index >= 15 is 0 Å².